The molecule has 2 saturated heterocycles. The van der Waals surface area contributed by atoms with Crippen LogP contribution in [0.3, 0.4) is 0 Å². The lowest BCUT2D eigenvalue weighted by Crippen LogP contribution is -2.56. The van der Waals surface area contributed by atoms with Crippen molar-refractivity contribution >= 4 is 0 Å². The van der Waals surface area contributed by atoms with E-state index in [0.717, 1.165) is 26.3 Å². The molecule has 1 atom stereocenters. The number of nitrogens with one attached hydrogen (secondary N) is 1. The fourth-order valence-corrected chi connectivity index (χ4v) is 2.49. The van der Waals surface area contributed by atoms with E-state index < -0.39 is 0 Å². The minimum absolute atomic E-state index is 0.377. The highest BCUT2D eigenvalue weighted by atomic mass is 16.5. The molecule has 0 radical (unpaired) electrons. The summed E-state index contributed by atoms with van der Waals surface area (Å²) in [4.78, 5) is 2.62. The maximum Gasteiger partial charge on any atom is 0.0651 e. The molecule has 76 valence electrons. The first-order chi connectivity index (χ1) is 6.37. The van der Waals surface area contributed by atoms with Gasteiger partial charge < -0.3 is 10.1 Å². The first kappa shape index (κ1) is 9.44. The molecule has 0 amide bonds. The normalized spacial score (nSPS) is 36.7. The first-order valence-electron chi connectivity index (χ1n) is 5.41. The molecule has 0 aromatic carbocycles. The molecule has 0 spiro atoms. The van der Waals surface area contributed by atoms with E-state index in [4.69, 9.17) is 4.74 Å². The highest BCUT2D eigenvalue weighted by Crippen LogP contribution is 2.29. The van der Waals surface area contributed by atoms with Crippen molar-refractivity contribution in [3.05, 3.63) is 0 Å². The summed E-state index contributed by atoms with van der Waals surface area (Å²) in [6, 6.07) is 0. The van der Waals surface area contributed by atoms with Gasteiger partial charge in [-0.3, -0.25) is 4.90 Å². The average Bonchev–Trinajstić information content (AvgIpc) is 2.69. The largest absolute Gasteiger partial charge is 0.379 e. The maximum atomic E-state index is 5.54. The smallest absolute Gasteiger partial charge is 0.0651 e. The van der Waals surface area contributed by atoms with Gasteiger partial charge in [-0.1, -0.05) is 6.92 Å². The van der Waals surface area contributed by atoms with Gasteiger partial charge >= 0.3 is 0 Å². The van der Waals surface area contributed by atoms with Crippen LogP contribution in [0.2, 0.25) is 0 Å². The number of ether oxygens (including phenoxy) is 1. The third-order valence-electron chi connectivity index (χ3n) is 3.53. The summed E-state index contributed by atoms with van der Waals surface area (Å²) in [5, 5.41) is 3.40. The van der Waals surface area contributed by atoms with Crippen molar-refractivity contribution in [2.75, 3.05) is 39.4 Å². The quantitative estimate of drug-likeness (QED) is 0.675. The molecule has 2 heterocycles. The SMILES string of the molecule is CC[C@]1(N2CCNCC2)CCOC1. The van der Waals surface area contributed by atoms with Crippen LogP contribution in [-0.4, -0.2) is 49.8 Å². The zero-order valence-corrected chi connectivity index (χ0v) is 8.51. The van der Waals surface area contributed by atoms with E-state index in [9.17, 15) is 0 Å². The number of rotatable bonds is 2. The Morgan fingerprint density at radius 1 is 1.38 bits per heavy atom. The van der Waals surface area contributed by atoms with Crippen molar-refractivity contribution in [1.29, 1.82) is 0 Å². The molecule has 0 unspecified atom stereocenters. The number of hydrogen-bond donors (Lipinski definition) is 1. The Balaban J connectivity index is 2.01. The molecule has 0 aromatic heterocycles. The van der Waals surface area contributed by atoms with Gasteiger partial charge in [0.15, 0.2) is 0 Å². The van der Waals surface area contributed by atoms with Gasteiger partial charge in [-0.05, 0) is 12.8 Å². The summed E-state index contributed by atoms with van der Waals surface area (Å²) in [6.07, 6.45) is 2.45. The standard InChI is InChI=1S/C10H20N2O/c1-2-10(3-8-13-9-10)12-6-4-11-5-7-12/h11H,2-9H2,1H3/t10-/m0/s1. The Bertz CT molecular complexity index is 160. The van der Waals surface area contributed by atoms with Gasteiger partial charge in [-0.25, -0.2) is 0 Å². The van der Waals surface area contributed by atoms with Crippen LogP contribution < -0.4 is 5.32 Å². The molecule has 13 heavy (non-hydrogen) atoms. The second kappa shape index (κ2) is 3.95. The highest BCUT2D eigenvalue weighted by molar-refractivity contribution is 4.94. The molecule has 3 heteroatoms. The number of nitrogens with zero attached hydrogens (tertiary/aromatic N) is 1. The topological polar surface area (TPSA) is 24.5 Å². The van der Waals surface area contributed by atoms with Gasteiger partial charge in [0.2, 0.25) is 0 Å². The summed E-state index contributed by atoms with van der Waals surface area (Å²) in [7, 11) is 0. The molecule has 2 aliphatic heterocycles. The highest BCUT2D eigenvalue weighted by Gasteiger charge is 2.39. The molecule has 1 N–H and O–H groups in total. The summed E-state index contributed by atoms with van der Waals surface area (Å²) >= 11 is 0. The van der Waals surface area contributed by atoms with Crippen molar-refractivity contribution in [1.82, 2.24) is 10.2 Å². The summed E-state index contributed by atoms with van der Waals surface area (Å²) in [6.45, 7) is 8.86. The molecule has 0 aliphatic carbocycles. The first-order valence-corrected chi connectivity index (χ1v) is 5.41. The van der Waals surface area contributed by atoms with E-state index >= 15 is 0 Å². The summed E-state index contributed by atoms with van der Waals surface area (Å²) in [5.41, 5.74) is 0.377. The zero-order valence-electron chi connectivity index (χ0n) is 8.51. The minimum Gasteiger partial charge on any atom is -0.379 e. The Labute approximate surface area is 80.4 Å². The minimum atomic E-state index is 0.377. The second-order valence-electron chi connectivity index (χ2n) is 4.12. The van der Waals surface area contributed by atoms with Gasteiger partial charge in [-0.15, -0.1) is 0 Å². The molecule has 2 aliphatic rings. The van der Waals surface area contributed by atoms with Crippen molar-refractivity contribution in [3.8, 4) is 0 Å². The molecule has 0 bridgehead atoms. The molecule has 2 fully saturated rings. The zero-order chi connectivity index (χ0) is 9.15. The Morgan fingerprint density at radius 3 is 2.69 bits per heavy atom. The van der Waals surface area contributed by atoms with Gasteiger partial charge in [0.25, 0.3) is 0 Å². The van der Waals surface area contributed by atoms with Crippen molar-refractivity contribution in [3.63, 3.8) is 0 Å². The Hall–Kier alpha value is -0.120. The van der Waals surface area contributed by atoms with E-state index in [1.165, 1.54) is 25.9 Å². The molecule has 3 nitrogen and oxygen atoms in total. The summed E-state index contributed by atoms with van der Waals surface area (Å²) in [5.74, 6) is 0. The third kappa shape index (κ3) is 1.73. The van der Waals surface area contributed by atoms with Crippen LogP contribution in [0.5, 0.6) is 0 Å². The third-order valence-corrected chi connectivity index (χ3v) is 3.53. The van der Waals surface area contributed by atoms with Crippen LogP contribution in [0.4, 0.5) is 0 Å². The maximum absolute atomic E-state index is 5.54. The van der Waals surface area contributed by atoms with Crippen molar-refractivity contribution < 1.29 is 4.74 Å². The Morgan fingerprint density at radius 2 is 2.15 bits per heavy atom. The van der Waals surface area contributed by atoms with Crippen LogP contribution in [-0.2, 0) is 4.74 Å². The molecule has 0 saturated carbocycles. The second-order valence-corrected chi connectivity index (χ2v) is 4.12. The fourth-order valence-electron chi connectivity index (χ4n) is 2.49. The van der Waals surface area contributed by atoms with Gasteiger partial charge in [0.1, 0.15) is 0 Å². The lowest BCUT2D eigenvalue weighted by Gasteiger charge is -2.42. The molecular formula is C10H20N2O. The van der Waals surface area contributed by atoms with Crippen LogP contribution in [0.1, 0.15) is 19.8 Å². The molecule has 0 aromatic rings. The molecule has 2 rings (SSSR count). The van der Waals surface area contributed by atoms with Crippen LogP contribution in [0, 0.1) is 0 Å². The number of hydrogen-bond acceptors (Lipinski definition) is 3. The predicted octanol–water partition coefficient (Wildman–Crippen LogP) is 0.461. The van der Waals surface area contributed by atoms with E-state index in [-0.39, 0.29) is 0 Å². The van der Waals surface area contributed by atoms with Crippen molar-refractivity contribution in [2.45, 2.75) is 25.3 Å². The van der Waals surface area contributed by atoms with Gasteiger partial charge in [0, 0.05) is 38.3 Å². The van der Waals surface area contributed by atoms with Gasteiger partial charge in [0.05, 0.1) is 6.61 Å². The van der Waals surface area contributed by atoms with Crippen LogP contribution in [0.25, 0.3) is 0 Å². The van der Waals surface area contributed by atoms with Crippen LogP contribution >= 0.6 is 0 Å². The van der Waals surface area contributed by atoms with E-state index in [1.54, 1.807) is 0 Å². The molecular weight excluding hydrogens is 164 g/mol. The van der Waals surface area contributed by atoms with Crippen molar-refractivity contribution in [2.24, 2.45) is 0 Å². The predicted molar refractivity (Wildman–Crippen MR) is 52.9 cm³/mol. The van der Waals surface area contributed by atoms with E-state index in [2.05, 4.69) is 17.1 Å². The summed E-state index contributed by atoms with van der Waals surface area (Å²) < 4.78 is 5.54. The fraction of sp³-hybridized carbons (Fsp3) is 1.00. The number of piperazine rings is 1. The van der Waals surface area contributed by atoms with Gasteiger partial charge in [-0.2, -0.15) is 0 Å². The van der Waals surface area contributed by atoms with E-state index in [0.29, 0.717) is 5.54 Å². The van der Waals surface area contributed by atoms with Crippen LogP contribution in [0.15, 0.2) is 0 Å². The Kier molecular flexibility index (Phi) is 2.86. The average molecular weight is 184 g/mol. The van der Waals surface area contributed by atoms with E-state index in [1.807, 2.05) is 0 Å². The lowest BCUT2D eigenvalue weighted by molar-refractivity contribution is 0.0527. The monoisotopic (exact) mass is 184 g/mol. The lowest BCUT2D eigenvalue weighted by atomic mass is 9.92.